The highest BCUT2D eigenvalue weighted by Gasteiger charge is 2.52. The number of aliphatic hydroxyl groups is 6. The van der Waals surface area contributed by atoms with E-state index in [9.17, 15) is 35.4 Å². The number of ether oxygens (including phenoxy) is 5. The maximum absolute atomic E-state index is 12.5. The first-order valence-electron chi connectivity index (χ1n) is 15.7. The number of fused-ring (bicyclic) bond motifs is 19. The Morgan fingerprint density at radius 1 is 0.643 bits per heavy atom. The Morgan fingerprint density at radius 2 is 1.21 bits per heavy atom. The number of hydrogen-bond acceptors (Lipinski definition) is 12. The molecule has 6 N–H and O–H groups in total. The minimum absolute atomic E-state index is 0.129. The summed E-state index contributed by atoms with van der Waals surface area (Å²) in [5, 5.41) is 62.6. The Bertz CT molecular complexity index is 794. The topological polar surface area (TPSA) is 185 Å². The van der Waals surface area contributed by atoms with Gasteiger partial charge in [0.1, 0.15) is 42.7 Å². The lowest BCUT2D eigenvalue weighted by molar-refractivity contribution is -0.371. The predicted molar refractivity (Wildman–Crippen MR) is 150 cm³/mol. The zero-order valence-corrected chi connectivity index (χ0v) is 24.7. The molecular formula is C30H52O12. The Balaban J connectivity index is 1.72. The van der Waals surface area contributed by atoms with Crippen LogP contribution >= 0.6 is 0 Å². The Hall–Kier alpha value is -1.19. The minimum atomic E-state index is -1.73. The van der Waals surface area contributed by atoms with Crippen LogP contribution in [0.4, 0.5) is 0 Å². The van der Waals surface area contributed by atoms with Crippen LogP contribution < -0.4 is 0 Å². The number of rotatable bonds is 2. The lowest BCUT2D eigenvalue weighted by Crippen LogP contribution is -2.65. The Morgan fingerprint density at radius 3 is 1.88 bits per heavy atom. The first-order chi connectivity index (χ1) is 20.3. The van der Waals surface area contributed by atoms with Crippen molar-refractivity contribution in [1.29, 1.82) is 0 Å². The van der Waals surface area contributed by atoms with E-state index in [0.717, 1.165) is 64.2 Å². The van der Waals surface area contributed by atoms with Gasteiger partial charge in [-0.05, 0) is 45.4 Å². The molecule has 4 aliphatic rings. The van der Waals surface area contributed by atoms with Crippen molar-refractivity contribution in [2.45, 2.75) is 158 Å². The van der Waals surface area contributed by atoms with Crippen LogP contribution in [0.2, 0.25) is 0 Å². The van der Waals surface area contributed by atoms with Crippen LogP contribution in [0, 0.1) is 0 Å². The summed E-state index contributed by atoms with van der Waals surface area (Å²) in [6.07, 6.45) is 1.47. The number of allylic oxidation sites excluding steroid dienone is 2. The van der Waals surface area contributed by atoms with E-state index < -0.39 is 80.6 Å². The predicted octanol–water partition coefficient (Wildman–Crippen LogP) is 1.21. The molecule has 0 amide bonds. The molecule has 1 unspecified atom stereocenters. The fourth-order valence-corrected chi connectivity index (χ4v) is 5.63. The van der Waals surface area contributed by atoms with Crippen molar-refractivity contribution in [3.05, 3.63) is 12.2 Å². The van der Waals surface area contributed by atoms with E-state index in [2.05, 4.69) is 12.2 Å². The van der Waals surface area contributed by atoms with Crippen molar-refractivity contribution in [3.8, 4) is 0 Å². The van der Waals surface area contributed by atoms with Gasteiger partial charge in [-0.3, -0.25) is 4.79 Å². The van der Waals surface area contributed by atoms with Gasteiger partial charge in [-0.2, -0.15) is 0 Å². The van der Waals surface area contributed by atoms with Crippen molar-refractivity contribution >= 4 is 5.97 Å². The molecule has 2 bridgehead atoms. The third-order valence-corrected chi connectivity index (χ3v) is 8.22. The average Bonchev–Trinajstić information content (AvgIpc) is 2.97. The van der Waals surface area contributed by atoms with Crippen molar-refractivity contribution in [2.75, 3.05) is 13.2 Å². The molecule has 42 heavy (non-hydrogen) atoms. The number of aliphatic hydroxyl groups excluding tert-OH is 6. The highest BCUT2D eigenvalue weighted by atomic mass is 16.8. The highest BCUT2D eigenvalue weighted by molar-refractivity contribution is 5.69. The van der Waals surface area contributed by atoms with Gasteiger partial charge in [0.2, 0.25) is 0 Å². The average molecular weight is 605 g/mol. The quantitative estimate of drug-likeness (QED) is 0.196. The fourth-order valence-electron chi connectivity index (χ4n) is 5.63. The molecule has 0 aromatic rings. The molecule has 4 heterocycles. The molecule has 2 saturated heterocycles. The summed E-state index contributed by atoms with van der Waals surface area (Å²) >= 11 is 0. The molecule has 0 aromatic heterocycles. The normalized spacial score (nSPS) is 41.9. The van der Waals surface area contributed by atoms with Gasteiger partial charge in [0.15, 0.2) is 18.7 Å². The van der Waals surface area contributed by atoms with E-state index in [4.69, 9.17) is 23.7 Å². The number of esters is 1. The van der Waals surface area contributed by atoms with Crippen LogP contribution in [-0.2, 0) is 28.5 Å². The standard InChI is InChI=1S/C30H52O12/c1-19-15-13-11-9-7-5-3-2-4-6-8-10-12-14-16-22(33)41-27-21(18-32)40-29(26(37)25(27)36)42-28-24(35)23(34)20(17-31)39-30(28)38-19/h2-3,19-21,23-32,34-37H,4-18H2,1H3/b3-2-/t19?,20-,21-,23-,24+,25-,26-,27-,28-,29+,30-/m1/s1. The molecule has 0 aromatic carbocycles. The van der Waals surface area contributed by atoms with Gasteiger partial charge in [-0.25, -0.2) is 0 Å². The maximum atomic E-state index is 12.5. The van der Waals surface area contributed by atoms with Crippen molar-refractivity contribution in [3.63, 3.8) is 0 Å². The molecule has 2 fully saturated rings. The summed E-state index contributed by atoms with van der Waals surface area (Å²) in [5.41, 5.74) is 0. The second-order valence-electron chi connectivity index (χ2n) is 11.7. The molecule has 11 atom stereocenters. The Labute approximate surface area is 248 Å². The first-order valence-corrected chi connectivity index (χ1v) is 15.7. The minimum Gasteiger partial charge on any atom is -0.457 e. The van der Waals surface area contributed by atoms with E-state index in [1.54, 1.807) is 0 Å². The molecule has 0 radical (unpaired) electrons. The summed E-state index contributed by atoms with van der Waals surface area (Å²) in [6.45, 7) is 0.625. The molecule has 0 aliphatic carbocycles. The van der Waals surface area contributed by atoms with E-state index in [1.165, 1.54) is 0 Å². The SMILES string of the molecule is CC1CCCCCC/C=C\CCCCCCCC(=O)O[C@H]2[C@H](O)[C@@H](O)[C@H](O[C@H]3[C@H](O1)O[C@H](CO)[C@@H](O)[C@@H]3O)O[C@@H]2CO. The smallest absolute Gasteiger partial charge is 0.306 e. The van der Waals surface area contributed by atoms with Crippen LogP contribution in [0.5, 0.6) is 0 Å². The monoisotopic (exact) mass is 604 g/mol. The second kappa shape index (κ2) is 18.6. The van der Waals surface area contributed by atoms with Crippen molar-refractivity contribution in [2.24, 2.45) is 0 Å². The molecule has 12 heteroatoms. The van der Waals surface area contributed by atoms with Gasteiger partial charge >= 0.3 is 5.97 Å². The van der Waals surface area contributed by atoms with Gasteiger partial charge in [0.25, 0.3) is 0 Å². The molecule has 244 valence electrons. The summed E-state index contributed by atoms with van der Waals surface area (Å²) < 4.78 is 28.7. The largest absolute Gasteiger partial charge is 0.457 e. The zero-order valence-electron chi connectivity index (χ0n) is 24.7. The third kappa shape index (κ3) is 10.5. The molecule has 12 nitrogen and oxygen atoms in total. The van der Waals surface area contributed by atoms with Crippen LogP contribution in [0.1, 0.15) is 90.4 Å². The number of carbonyl (C=O) groups is 1. The third-order valence-electron chi connectivity index (χ3n) is 8.22. The molecule has 4 aliphatic heterocycles. The van der Waals surface area contributed by atoms with E-state index in [1.807, 2.05) is 6.92 Å². The van der Waals surface area contributed by atoms with Crippen molar-refractivity contribution in [1.82, 2.24) is 0 Å². The second-order valence-corrected chi connectivity index (χ2v) is 11.7. The van der Waals surface area contributed by atoms with E-state index in [-0.39, 0.29) is 12.5 Å². The molecule has 0 saturated carbocycles. The zero-order chi connectivity index (χ0) is 30.5. The highest BCUT2D eigenvalue weighted by Crippen LogP contribution is 2.31. The van der Waals surface area contributed by atoms with Gasteiger partial charge < -0.3 is 54.3 Å². The van der Waals surface area contributed by atoms with Crippen LogP contribution in [0.15, 0.2) is 12.2 Å². The Kier molecular flexibility index (Phi) is 15.6. The number of carbonyl (C=O) groups excluding carboxylic acids is 1. The van der Waals surface area contributed by atoms with Gasteiger partial charge in [-0.1, -0.05) is 50.7 Å². The van der Waals surface area contributed by atoms with Gasteiger partial charge in [-0.15, -0.1) is 0 Å². The number of hydrogen-bond donors (Lipinski definition) is 6. The summed E-state index contributed by atoms with van der Waals surface area (Å²) in [5.74, 6) is -0.575. The van der Waals surface area contributed by atoms with E-state index >= 15 is 0 Å². The van der Waals surface area contributed by atoms with Crippen LogP contribution in [-0.4, -0.2) is 117 Å². The van der Waals surface area contributed by atoms with Crippen molar-refractivity contribution < 1.29 is 59.1 Å². The maximum Gasteiger partial charge on any atom is 0.306 e. The van der Waals surface area contributed by atoms with Crippen LogP contribution in [0.3, 0.4) is 0 Å². The lowest BCUT2D eigenvalue weighted by Gasteiger charge is -2.46. The van der Waals surface area contributed by atoms with Gasteiger partial charge in [0, 0.05) is 6.42 Å². The van der Waals surface area contributed by atoms with Gasteiger partial charge in [0.05, 0.1) is 19.3 Å². The lowest BCUT2D eigenvalue weighted by atomic mass is 9.97. The summed E-state index contributed by atoms with van der Waals surface area (Å²) in [4.78, 5) is 12.5. The fraction of sp³-hybridized carbons (Fsp3) is 0.900. The molecule has 4 rings (SSSR count). The molecular weight excluding hydrogens is 552 g/mol. The van der Waals surface area contributed by atoms with Crippen LogP contribution in [0.25, 0.3) is 0 Å². The summed E-state index contributed by atoms with van der Waals surface area (Å²) in [7, 11) is 0. The molecule has 0 spiro atoms. The first kappa shape index (κ1) is 35.3. The van der Waals surface area contributed by atoms with E-state index in [0.29, 0.717) is 12.8 Å². The summed E-state index contributed by atoms with van der Waals surface area (Å²) in [6, 6.07) is 0.